The van der Waals surface area contributed by atoms with Gasteiger partial charge in [-0.3, -0.25) is 19.1 Å². The molecule has 43 heavy (non-hydrogen) atoms. The van der Waals surface area contributed by atoms with Crippen molar-refractivity contribution in [2.24, 2.45) is 4.99 Å². The number of aromatic nitrogens is 3. The molecular weight excluding hydrogens is 571 g/mol. The smallest absolute Gasteiger partial charge is 0.488 e. The van der Waals surface area contributed by atoms with E-state index in [1.165, 1.54) is 12.1 Å². The molecule has 5 rings (SSSR count). The number of carbonyl (C=O) groups is 2. The second-order valence-electron chi connectivity index (χ2n) is 9.88. The van der Waals surface area contributed by atoms with Crippen LogP contribution in [0.15, 0.2) is 71.7 Å². The van der Waals surface area contributed by atoms with Crippen molar-refractivity contribution in [3.63, 3.8) is 0 Å². The summed E-state index contributed by atoms with van der Waals surface area (Å²) in [5, 5.41) is 33.6. The van der Waals surface area contributed by atoms with Crippen LogP contribution >= 0.6 is 11.6 Å². The minimum absolute atomic E-state index is 0.0975. The molecule has 0 saturated heterocycles. The molecule has 0 aliphatic carbocycles. The highest BCUT2D eigenvalue weighted by Gasteiger charge is 2.30. The molecule has 0 bridgehead atoms. The maximum atomic E-state index is 12.7. The van der Waals surface area contributed by atoms with Gasteiger partial charge in [-0.2, -0.15) is 0 Å². The summed E-state index contributed by atoms with van der Waals surface area (Å²) in [5.41, 5.74) is 3.54. The van der Waals surface area contributed by atoms with E-state index >= 15 is 0 Å². The van der Waals surface area contributed by atoms with Crippen molar-refractivity contribution in [1.82, 2.24) is 25.4 Å². The number of aliphatic imine (C=N–C) groups is 1. The highest BCUT2D eigenvalue weighted by atomic mass is 35.5. The Morgan fingerprint density at radius 2 is 1.84 bits per heavy atom. The number of nitrogens with one attached hydrogen (secondary N) is 2. The van der Waals surface area contributed by atoms with Crippen LogP contribution in [0.3, 0.4) is 0 Å². The summed E-state index contributed by atoms with van der Waals surface area (Å²) in [6, 6.07) is 18.4. The van der Waals surface area contributed by atoms with E-state index in [0.29, 0.717) is 40.2 Å². The number of aryl methyl sites for hydroxylation is 1. The summed E-state index contributed by atoms with van der Waals surface area (Å²) in [6.07, 6.45) is 0.0975. The van der Waals surface area contributed by atoms with Gasteiger partial charge in [-0.25, -0.2) is 0 Å². The van der Waals surface area contributed by atoms with Gasteiger partial charge in [0.25, 0.3) is 5.91 Å². The fourth-order valence-electron chi connectivity index (χ4n) is 4.86. The van der Waals surface area contributed by atoms with E-state index in [0.717, 1.165) is 16.8 Å². The average Bonchev–Trinajstić information content (AvgIpc) is 3.32. The average molecular weight is 601 g/mol. The molecule has 0 spiro atoms. The molecule has 4 N–H and O–H groups in total. The zero-order valence-electron chi connectivity index (χ0n) is 23.6. The Kier molecular flexibility index (Phi) is 9.20. The van der Waals surface area contributed by atoms with Crippen LogP contribution < -0.4 is 20.8 Å². The van der Waals surface area contributed by atoms with Gasteiger partial charge in [0.1, 0.15) is 24.2 Å². The molecule has 2 amide bonds. The summed E-state index contributed by atoms with van der Waals surface area (Å²) in [7, 11) is -1.66. The van der Waals surface area contributed by atoms with Gasteiger partial charge in [-0.15, -0.1) is 10.2 Å². The van der Waals surface area contributed by atoms with E-state index in [-0.39, 0.29) is 36.8 Å². The lowest BCUT2D eigenvalue weighted by Crippen LogP contribution is -2.32. The number of nitrogens with zero attached hydrogens (tertiary/aromatic N) is 4. The first-order valence-corrected chi connectivity index (χ1v) is 14.2. The van der Waals surface area contributed by atoms with Crippen LogP contribution in [0.1, 0.15) is 52.5 Å². The quantitative estimate of drug-likeness (QED) is 0.161. The van der Waals surface area contributed by atoms with Gasteiger partial charge in [-0.05, 0) is 61.8 Å². The summed E-state index contributed by atoms with van der Waals surface area (Å²) in [4.78, 5) is 30.3. The highest BCUT2D eigenvalue weighted by Crippen LogP contribution is 2.34. The van der Waals surface area contributed by atoms with Crippen LogP contribution in [0.25, 0.3) is 5.69 Å². The molecule has 3 aromatic carbocycles. The van der Waals surface area contributed by atoms with E-state index in [1.807, 2.05) is 48.7 Å². The van der Waals surface area contributed by atoms with Crippen molar-refractivity contribution in [3.8, 4) is 11.4 Å². The summed E-state index contributed by atoms with van der Waals surface area (Å²) in [5.74, 6) is 1.26. The van der Waals surface area contributed by atoms with Crippen molar-refractivity contribution in [2.45, 2.75) is 26.3 Å². The third-order valence-electron chi connectivity index (χ3n) is 6.87. The lowest BCUT2D eigenvalue weighted by atomic mass is 9.79. The van der Waals surface area contributed by atoms with Gasteiger partial charge in [-0.1, -0.05) is 35.9 Å². The third-order valence-corrected chi connectivity index (χ3v) is 7.12. The van der Waals surface area contributed by atoms with Crippen LogP contribution in [0.5, 0.6) is 5.75 Å². The molecule has 1 aliphatic heterocycles. The minimum atomic E-state index is -1.66. The number of fused-ring (bicyclic) bond motifs is 3. The van der Waals surface area contributed by atoms with Gasteiger partial charge in [0.2, 0.25) is 5.91 Å². The number of amides is 2. The molecule has 11 nitrogen and oxygen atoms in total. The molecule has 4 aromatic rings. The normalized spacial score (nSPS) is 13.7. The molecule has 2 heterocycles. The Balaban J connectivity index is 1.42. The highest BCUT2D eigenvalue weighted by molar-refractivity contribution is 6.58. The third kappa shape index (κ3) is 6.77. The Labute approximate surface area is 253 Å². The lowest BCUT2D eigenvalue weighted by molar-refractivity contribution is -0.121. The largest absolute Gasteiger partial charge is 0.492 e. The number of benzene rings is 3. The number of halogens is 1. The van der Waals surface area contributed by atoms with Crippen molar-refractivity contribution >= 4 is 41.7 Å². The minimum Gasteiger partial charge on any atom is -0.492 e. The van der Waals surface area contributed by atoms with E-state index in [2.05, 4.69) is 20.8 Å². The van der Waals surface area contributed by atoms with Crippen molar-refractivity contribution in [1.29, 1.82) is 0 Å². The predicted octanol–water partition coefficient (Wildman–Crippen LogP) is 2.14. The van der Waals surface area contributed by atoms with E-state index in [9.17, 15) is 19.6 Å². The van der Waals surface area contributed by atoms with Crippen LogP contribution in [-0.4, -0.2) is 69.2 Å². The van der Waals surface area contributed by atoms with E-state index < -0.39 is 13.2 Å². The number of carbonyl (C=O) groups excluding carboxylic acids is 2. The molecular formula is C30H30BClN6O5. The molecule has 1 atom stereocenters. The van der Waals surface area contributed by atoms with Gasteiger partial charge >= 0.3 is 7.12 Å². The zero-order valence-corrected chi connectivity index (χ0v) is 24.4. The maximum absolute atomic E-state index is 12.7. The molecule has 0 radical (unpaired) electrons. The van der Waals surface area contributed by atoms with Crippen molar-refractivity contribution < 1.29 is 24.4 Å². The first kappa shape index (κ1) is 30.0. The number of ether oxygens (including phenoxy) is 1. The van der Waals surface area contributed by atoms with E-state index in [4.69, 9.17) is 21.3 Å². The number of hydrogen-bond acceptors (Lipinski definition) is 8. The Hall–Kier alpha value is -4.52. The van der Waals surface area contributed by atoms with Crippen molar-refractivity contribution in [3.05, 3.63) is 100 Å². The molecule has 220 valence electrons. The Bertz CT molecular complexity index is 1670. The Morgan fingerprint density at radius 3 is 2.58 bits per heavy atom. The molecule has 1 aliphatic rings. The second kappa shape index (κ2) is 13.2. The SMILES string of the molecule is CCNC(=O)CC1N=C(c2ccc(Cl)cc2)c2cc(OCCNC(=O)c3cccc(B(O)O)c3)ccc2-n2c(C)nnc21. The maximum Gasteiger partial charge on any atom is 0.488 e. The predicted molar refractivity (Wildman–Crippen MR) is 163 cm³/mol. The summed E-state index contributed by atoms with van der Waals surface area (Å²) >= 11 is 6.18. The van der Waals surface area contributed by atoms with Gasteiger partial charge < -0.3 is 25.4 Å². The first-order valence-electron chi connectivity index (χ1n) is 13.8. The standard InChI is InChI=1S/C30H30BClN6O5/c1-3-33-27(39)17-25-29-37-36-18(2)38(29)26-12-11-23(16-24(26)28(35-25)19-7-9-22(32)10-8-19)43-14-13-34-30(40)20-5-4-6-21(15-20)31(41)42/h4-12,15-16,25,41-42H,3,13-14,17H2,1-2H3,(H,33,39)(H,34,40). The summed E-state index contributed by atoms with van der Waals surface area (Å²) < 4.78 is 7.92. The molecule has 0 fully saturated rings. The van der Waals surface area contributed by atoms with Crippen LogP contribution in [0, 0.1) is 6.92 Å². The van der Waals surface area contributed by atoms with Gasteiger partial charge in [0, 0.05) is 28.3 Å². The second-order valence-corrected chi connectivity index (χ2v) is 10.3. The number of hydrogen-bond donors (Lipinski definition) is 4. The monoisotopic (exact) mass is 600 g/mol. The lowest BCUT2D eigenvalue weighted by Gasteiger charge is -2.15. The molecule has 13 heteroatoms. The molecule has 0 saturated carbocycles. The topological polar surface area (TPSA) is 151 Å². The van der Waals surface area contributed by atoms with E-state index in [1.54, 1.807) is 24.3 Å². The van der Waals surface area contributed by atoms with Gasteiger partial charge in [0.15, 0.2) is 5.82 Å². The number of rotatable bonds is 10. The van der Waals surface area contributed by atoms with Crippen molar-refractivity contribution in [2.75, 3.05) is 19.7 Å². The first-order chi connectivity index (χ1) is 20.7. The molecule has 1 unspecified atom stereocenters. The zero-order chi connectivity index (χ0) is 30.5. The van der Waals surface area contributed by atoms with Crippen LogP contribution in [-0.2, 0) is 4.79 Å². The van der Waals surface area contributed by atoms with Crippen LogP contribution in [0.4, 0.5) is 0 Å². The van der Waals surface area contributed by atoms with Gasteiger partial charge in [0.05, 0.1) is 24.4 Å². The van der Waals surface area contributed by atoms with Crippen LogP contribution in [0.2, 0.25) is 5.02 Å². The molecule has 1 aromatic heterocycles. The Morgan fingerprint density at radius 1 is 1.05 bits per heavy atom. The summed E-state index contributed by atoms with van der Waals surface area (Å²) in [6.45, 7) is 4.61. The fourth-order valence-corrected chi connectivity index (χ4v) is 4.99. The fraction of sp³-hybridized carbons (Fsp3) is 0.233.